The van der Waals surface area contributed by atoms with Gasteiger partial charge in [0, 0.05) is 18.0 Å². The molecule has 0 fully saturated rings. The third-order valence-corrected chi connectivity index (χ3v) is 6.11. The van der Waals surface area contributed by atoms with Crippen molar-refractivity contribution in [1.29, 1.82) is 0 Å². The van der Waals surface area contributed by atoms with E-state index >= 15 is 0 Å². The summed E-state index contributed by atoms with van der Waals surface area (Å²) < 4.78 is 9.84. The highest BCUT2D eigenvalue weighted by atomic mass is 16.5. The van der Waals surface area contributed by atoms with E-state index in [4.69, 9.17) is 9.84 Å². The number of fused-ring (bicyclic) bond motifs is 1. The molecule has 5 rings (SSSR count). The summed E-state index contributed by atoms with van der Waals surface area (Å²) in [6, 6.07) is 18.1. The first-order chi connectivity index (χ1) is 15.5. The summed E-state index contributed by atoms with van der Waals surface area (Å²) in [5, 5.41) is 4.91. The second-order valence-electron chi connectivity index (χ2n) is 8.32. The van der Waals surface area contributed by atoms with Gasteiger partial charge in [-0.1, -0.05) is 24.3 Å². The summed E-state index contributed by atoms with van der Waals surface area (Å²) >= 11 is 0. The molecule has 0 unspecified atom stereocenters. The lowest BCUT2D eigenvalue weighted by Crippen LogP contribution is -2.31. The Morgan fingerprint density at radius 3 is 2.47 bits per heavy atom. The minimum Gasteiger partial charge on any atom is -0.484 e. The van der Waals surface area contributed by atoms with Gasteiger partial charge in [-0.2, -0.15) is 5.10 Å². The predicted molar refractivity (Wildman–Crippen MR) is 123 cm³/mol. The summed E-state index contributed by atoms with van der Waals surface area (Å²) in [6.45, 7) is 7.22. The van der Waals surface area contributed by atoms with Gasteiger partial charge in [0.2, 0.25) is 0 Å². The average Bonchev–Trinajstić information content (AvgIpc) is 3.51. The van der Waals surface area contributed by atoms with Crippen LogP contribution in [0.2, 0.25) is 0 Å². The van der Waals surface area contributed by atoms with Crippen molar-refractivity contribution in [2.45, 2.75) is 33.9 Å². The maximum Gasteiger partial charge on any atom is 0.261 e. The summed E-state index contributed by atoms with van der Waals surface area (Å²) in [4.78, 5) is 14.7. The summed E-state index contributed by atoms with van der Waals surface area (Å²) in [7, 11) is 0. The van der Waals surface area contributed by atoms with Crippen LogP contribution >= 0.6 is 0 Å². The molecule has 0 saturated heterocycles. The molecular formula is C26H26N4O2. The number of hydrogen-bond donors (Lipinski definition) is 0. The van der Waals surface area contributed by atoms with Crippen LogP contribution in [-0.2, 0) is 17.9 Å². The van der Waals surface area contributed by atoms with Crippen molar-refractivity contribution in [3.8, 4) is 17.3 Å². The van der Waals surface area contributed by atoms with Gasteiger partial charge in [0.1, 0.15) is 11.6 Å². The number of para-hydroxylation sites is 1. The summed E-state index contributed by atoms with van der Waals surface area (Å²) in [5.74, 6) is 1.68. The van der Waals surface area contributed by atoms with E-state index in [0.717, 1.165) is 34.1 Å². The fourth-order valence-corrected chi connectivity index (χ4v) is 4.11. The Morgan fingerprint density at radius 2 is 1.72 bits per heavy atom. The van der Waals surface area contributed by atoms with E-state index in [-0.39, 0.29) is 12.5 Å². The Balaban J connectivity index is 1.42. The lowest BCUT2D eigenvalue weighted by atomic mass is 10.1. The zero-order valence-corrected chi connectivity index (χ0v) is 18.6. The van der Waals surface area contributed by atoms with Crippen LogP contribution in [-0.4, -0.2) is 31.8 Å². The van der Waals surface area contributed by atoms with Gasteiger partial charge in [0.25, 0.3) is 5.91 Å². The van der Waals surface area contributed by atoms with Crippen LogP contribution in [0.25, 0.3) is 11.5 Å². The zero-order valence-electron chi connectivity index (χ0n) is 18.6. The number of ether oxygens (including phenoxy) is 1. The van der Waals surface area contributed by atoms with Gasteiger partial charge in [-0.15, -0.1) is 0 Å². The maximum absolute atomic E-state index is 12.9. The molecule has 0 spiro atoms. The molecule has 3 heterocycles. The minimum absolute atomic E-state index is 0.0190. The smallest absolute Gasteiger partial charge is 0.261 e. The van der Waals surface area contributed by atoms with Gasteiger partial charge in [-0.3, -0.25) is 4.79 Å². The number of amides is 1. The van der Waals surface area contributed by atoms with Gasteiger partial charge in [-0.05, 0) is 67.8 Å². The third-order valence-electron chi connectivity index (χ3n) is 6.11. The number of carbonyl (C=O) groups is 1. The molecule has 1 aliphatic heterocycles. The summed E-state index contributed by atoms with van der Waals surface area (Å²) in [6.07, 6.45) is 4.03. The molecule has 0 bridgehead atoms. The normalized spacial score (nSPS) is 12.8. The van der Waals surface area contributed by atoms with Gasteiger partial charge in [0.05, 0.1) is 24.5 Å². The highest BCUT2D eigenvalue weighted by Crippen LogP contribution is 2.31. The lowest BCUT2D eigenvalue weighted by molar-refractivity contribution is -0.134. The molecule has 2 aromatic carbocycles. The Labute approximate surface area is 187 Å². The van der Waals surface area contributed by atoms with Crippen molar-refractivity contribution in [1.82, 2.24) is 19.2 Å². The molecule has 32 heavy (non-hydrogen) atoms. The molecule has 4 aromatic rings. The average molecular weight is 427 g/mol. The molecule has 0 aliphatic carbocycles. The molecule has 0 N–H and O–H groups in total. The largest absolute Gasteiger partial charge is 0.484 e. The minimum atomic E-state index is -0.0394. The van der Waals surface area contributed by atoms with Crippen molar-refractivity contribution in [2.75, 3.05) is 6.61 Å². The Kier molecular flexibility index (Phi) is 5.05. The molecule has 1 amide bonds. The van der Waals surface area contributed by atoms with Gasteiger partial charge >= 0.3 is 0 Å². The molecule has 6 nitrogen and oxygen atoms in total. The first-order valence-electron chi connectivity index (χ1n) is 10.8. The second-order valence-corrected chi connectivity index (χ2v) is 8.32. The predicted octanol–water partition coefficient (Wildman–Crippen LogP) is 4.51. The van der Waals surface area contributed by atoms with Crippen molar-refractivity contribution >= 4 is 5.91 Å². The number of aryl methyl sites for hydroxylation is 3. The lowest BCUT2D eigenvalue weighted by Gasteiger charge is -2.18. The van der Waals surface area contributed by atoms with Crippen molar-refractivity contribution < 1.29 is 9.53 Å². The van der Waals surface area contributed by atoms with E-state index in [0.29, 0.717) is 13.1 Å². The van der Waals surface area contributed by atoms with Gasteiger partial charge < -0.3 is 14.2 Å². The Bertz CT molecular complexity index is 1290. The fraction of sp³-hybridized carbons (Fsp3) is 0.231. The SMILES string of the molecule is Cc1ccc(-n2nc3c(c2-n2cccc2)CN(C(=O)COc2ccccc2C)C3)cc1C. The van der Waals surface area contributed by atoms with E-state index in [1.807, 2.05) is 65.3 Å². The number of nitrogens with zero attached hydrogens (tertiary/aromatic N) is 4. The fourth-order valence-electron chi connectivity index (χ4n) is 4.11. The maximum atomic E-state index is 12.9. The van der Waals surface area contributed by atoms with Crippen molar-refractivity contribution in [2.24, 2.45) is 0 Å². The molecule has 0 saturated carbocycles. The van der Waals surface area contributed by atoms with E-state index < -0.39 is 0 Å². The van der Waals surface area contributed by atoms with Crippen LogP contribution in [0.3, 0.4) is 0 Å². The molecule has 1 aliphatic rings. The van der Waals surface area contributed by atoms with E-state index in [1.165, 1.54) is 11.1 Å². The van der Waals surface area contributed by atoms with E-state index in [1.54, 1.807) is 0 Å². The van der Waals surface area contributed by atoms with E-state index in [9.17, 15) is 4.79 Å². The van der Waals surface area contributed by atoms with Gasteiger partial charge in [-0.25, -0.2) is 4.68 Å². The first kappa shape index (κ1) is 20.1. The number of benzene rings is 2. The van der Waals surface area contributed by atoms with Crippen LogP contribution in [0.4, 0.5) is 0 Å². The van der Waals surface area contributed by atoms with Crippen LogP contribution in [0.15, 0.2) is 67.0 Å². The Morgan fingerprint density at radius 1 is 0.938 bits per heavy atom. The number of carbonyl (C=O) groups excluding carboxylic acids is 1. The monoisotopic (exact) mass is 426 g/mol. The van der Waals surface area contributed by atoms with Crippen LogP contribution in [0, 0.1) is 20.8 Å². The highest BCUT2D eigenvalue weighted by Gasteiger charge is 2.31. The quantitative estimate of drug-likeness (QED) is 0.472. The number of aromatic nitrogens is 3. The molecule has 0 radical (unpaired) electrons. The second kappa shape index (κ2) is 8.04. The molecule has 2 aromatic heterocycles. The van der Waals surface area contributed by atoms with E-state index in [2.05, 4.69) is 36.6 Å². The molecule has 6 heteroatoms. The number of rotatable bonds is 5. The van der Waals surface area contributed by atoms with Crippen LogP contribution < -0.4 is 4.74 Å². The zero-order chi connectivity index (χ0) is 22.2. The van der Waals surface area contributed by atoms with Crippen molar-refractivity contribution in [3.63, 3.8) is 0 Å². The van der Waals surface area contributed by atoms with Crippen molar-refractivity contribution in [3.05, 3.63) is 94.9 Å². The summed E-state index contributed by atoms with van der Waals surface area (Å²) in [5.41, 5.74) is 6.51. The molecule has 0 atom stereocenters. The molecular weight excluding hydrogens is 400 g/mol. The standard InChI is InChI=1S/C26H26N4O2/c1-18-10-11-21(14-20(18)3)30-26(28-12-6-7-13-28)22-15-29(16-23(22)27-30)25(31)17-32-24-9-5-4-8-19(24)2/h4-14H,15-17H2,1-3H3. The Hall–Kier alpha value is -3.80. The van der Waals surface area contributed by atoms with Gasteiger partial charge in [0.15, 0.2) is 6.61 Å². The topological polar surface area (TPSA) is 52.3 Å². The highest BCUT2D eigenvalue weighted by molar-refractivity contribution is 5.78. The molecule has 162 valence electrons. The number of hydrogen-bond acceptors (Lipinski definition) is 3. The van der Waals surface area contributed by atoms with Crippen LogP contribution in [0.1, 0.15) is 27.9 Å². The van der Waals surface area contributed by atoms with Crippen LogP contribution in [0.5, 0.6) is 5.75 Å². The first-order valence-corrected chi connectivity index (χ1v) is 10.8. The third kappa shape index (κ3) is 3.58.